The molecule has 2 amide bonds. The highest BCUT2D eigenvalue weighted by atomic mass is 79.9. The third-order valence-corrected chi connectivity index (χ3v) is 3.20. The molecule has 0 aromatic heterocycles. The smallest absolute Gasteiger partial charge is 0.326 e. The number of aryl methyl sites for hydroxylation is 1. The van der Waals surface area contributed by atoms with Crippen molar-refractivity contribution in [1.82, 2.24) is 5.32 Å². The molecule has 0 saturated heterocycles. The van der Waals surface area contributed by atoms with E-state index in [1.807, 2.05) is 19.1 Å². The Labute approximate surface area is 120 Å². The highest BCUT2D eigenvalue weighted by Gasteiger charge is 2.17. The second kappa shape index (κ2) is 7.13. The zero-order valence-corrected chi connectivity index (χ0v) is 12.5. The number of hydrogen-bond donors (Lipinski definition) is 3. The highest BCUT2D eigenvalue weighted by molar-refractivity contribution is 9.10. The maximum atomic E-state index is 11.7. The Morgan fingerprint density at radius 3 is 2.58 bits per heavy atom. The van der Waals surface area contributed by atoms with Gasteiger partial charge in [-0.1, -0.05) is 29.8 Å². The van der Waals surface area contributed by atoms with Gasteiger partial charge in [0.05, 0.1) is 0 Å². The van der Waals surface area contributed by atoms with Crippen molar-refractivity contribution in [3.63, 3.8) is 0 Å². The molecule has 0 spiro atoms. The van der Waals surface area contributed by atoms with Crippen molar-refractivity contribution < 1.29 is 14.7 Å². The van der Waals surface area contributed by atoms with Crippen molar-refractivity contribution in [1.29, 1.82) is 0 Å². The molecule has 19 heavy (non-hydrogen) atoms. The van der Waals surface area contributed by atoms with Gasteiger partial charge >= 0.3 is 12.0 Å². The van der Waals surface area contributed by atoms with Gasteiger partial charge in [0.25, 0.3) is 0 Å². The van der Waals surface area contributed by atoms with Gasteiger partial charge in [-0.3, -0.25) is 0 Å². The number of aliphatic carboxylic acids is 1. The zero-order chi connectivity index (χ0) is 14.4. The summed E-state index contributed by atoms with van der Waals surface area (Å²) < 4.78 is 0.937. The fraction of sp³-hybridized carbons (Fsp3) is 0.385. The first kappa shape index (κ1) is 15.5. The summed E-state index contributed by atoms with van der Waals surface area (Å²) in [5.41, 5.74) is 1.66. The topological polar surface area (TPSA) is 78.4 Å². The van der Waals surface area contributed by atoms with Gasteiger partial charge in [0.1, 0.15) is 6.04 Å². The van der Waals surface area contributed by atoms with E-state index in [2.05, 4.69) is 26.6 Å². The molecule has 0 aliphatic carbocycles. The molecule has 0 radical (unpaired) electrons. The van der Waals surface area contributed by atoms with Crippen LogP contribution in [0.15, 0.2) is 22.7 Å². The first-order valence-electron chi connectivity index (χ1n) is 6.06. The van der Waals surface area contributed by atoms with Crippen LogP contribution in [-0.4, -0.2) is 23.1 Å². The van der Waals surface area contributed by atoms with Crippen LogP contribution in [0.2, 0.25) is 0 Å². The van der Waals surface area contributed by atoms with Gasteiger partial charge in [-0.05, 0) is 36.6 Å². The maximum absolute atomic E-state index is 11.7. The molecule has 0 aliphatic heterocycles. The van der Waals surface area contributed by atoms with E-state index in [4.69, 9.17) is 5.11 Å². The minimum atomic E-state index is -1.04. The number of carboxylic acid groups (broad SMARTS) is 1. The van der Waals surface area contributed by atoms with Crippen molar-refractivity contribution in [3.8, 4) is 0 Å². The SMILES string of the molecule is CCc1cc(Br)ccc1NC(=O)N[C@H](CC)C(=O)O. The molecule has 1 aromatic carbocycles. The molecule has 0 saturated carbocycles. The monoisotopic (exact) mass is 328 g/mol. The van der Waals surface area contributed by atoms with Crippen molar-refractivity contribution >= 4 is 33.6 Å². The lowest BCUT2D eigenvalue weighted by Gasteiger charge is -2.15. The average molecular weight is 329 g/mol. The van der Waals surface area contributed by atoms with E-state index >= 15 is 0 Å². The van der Waals surface area contributed by atoms with Crippen molar-refractivity contribution in [3.05, 3.63) is 28.2 Å². The number of rotatable bonds is 5. The number of carboxylic acids is 1. The molecule has 5 nitrogen and oxygen atoms in total. The Balaban J connectivity index is 2.74. The second-order valence-electron chi connectivity index (χ2n) is 4.05. The van der Waals surface area contributed by atoms with Crippen LogP contribution < -0.4 is 10.6 Å². The molecule has 3 N–H and O–H groups in total. The van der Waals surface area contributed by atoms with Crippen LogP contribution >= 0.6 is 15.9 Å². The summed E-state index contributed by atoms with van der Waals surface area (Å²) in [6.45, 7) is 3.69. The molecule has 1 aromatic rings. The number of hydrogen-bond acceptors (Lipinski definition) is 2. The summed E-state index contributed by atoms with van der Waals surface area (Å²) in [7, 11) is 0. The minimum Gasteiger partial charge on any atom is -0.480 e. The molecular formula is C13H17BrN2O3. The van der Waals surface area contributed by atoms with E-state index in [-0.39, 0.29) is 0 Å². The van der Waals surface area contributed by atoms with Crippen LogP contribution in [0.1, 0.15) is 25.8 Å². The Hall–Kier alpha value is -1.56. The van der Waals surface area contributed by atoms with E-state index in [9.17, 15) is 9.59 Å². The summed E-state index contributed by atoms with van der Waals surface area (Å²) in [5, 5.41) is 14.0. The molecule has 0 unspecified atom stereocenters. The predicted molar refractivity (Wildman–Crippen MR) is 77.4 cm³/mol. The number of nitrogens with one attached hydrogen (secondary N) is 2. The van der Waals surface area contributed by atoms with Crippen molar-refractivity contribution in [2.24, 2.45) is 0 Å². The Kier molecular flexibility index (Phi) is 5.82. The van der Waals surface area contributed by atoms with Crippen LogP contribution in [0.5, 0.6) is 0 Å². The van der Waals surface area contributed by atoms with Gasteiger partial charge in [-0.2, -0.15) is 0 Å². The number of urea groups is 1. The standard InChI is InChI=1S/C13H17BrN2O3/c1-3-8-7-9(14)5-6-11(8)16-13(19)15-10(4-2)12(17)18/h5-7,10H,3-4H2,1-2H3,(H,17,18)(H2,15,16,19)/t10-/m1/s1. The van der Waals surface area contributed by atoms with Crippen LogP contribution in [0, 0.1) is 0 Å². The fourth-order valence-electron chi connectivity index (χ4n) is 1.63. The quantitative estimate of drug-likeness (QED) is 0.777. The lowest BCUT2D eigenvalue weighted by molar-refractivity contribution is -0.139. The van der Waals surface area contributed by atoms with E-state index in [0.717, 1.165) is 16.5 Å². The summed E-state index contributed by atoms with van der Waals surface area (Å²) in [6, 6.07) is 4.14. The summed E-state index contributed by atoms with van der Waals surface area (Å²) in [5.74, 6) is -1.04. The number of halogens is 1. The normalized spacial score (nSPS) is 11.7. The Morgan fingerprint density at radius 2 is 2.05 bits per heavy atom. The highest BCUT2D eigenvalue weighted by Crippen LogP contribution is 2.21. The minimum absolute atomic E-state index is 0.337. The molecule has 0 aliphatic rings. The Morgan fingerprint density at radius 1 is 1.37 bits per heavy atom. The van der Waals surface area contributed by atoms with Gasteiger partial charge in [0, 0.05) is 10.2 Å². The predicted octanol–water partition coefficient (Wildman–Crippen LogP) is 3.00. The van der Waals surface area contributed by atoms with Crippen molar-refractivity contribution in [2.75, 3.05) is 5.32 Å². The van der Waals surface area contributed by atoms with Gasteiger partial charge < -0.3 is 15.7 Å². The number of amides is 2. The second-order valence-corrected chi connectivity index (χ2v) is 4.97. The zero-order valence-electron chi connectivity index (χ0n) is 10.9. The third-order valence-electron chi connectivity index (χ3n) is 2.71. The largest absolute Gasteiger partial charge is 0.480 e. The lowest BCUT2D eigenvalue weighted by Crippen LogP contribution is -2.42. The number of carbonyl (C=O) groups excluding carboxylic acids is 1. The Bertz CT molecular complexity index is 477. The van der Waals surface area contributed by atoms with E-state index in [1.165, 1.54) is 0 Å². The number of benzene rings is 1. The molecular weight excluding hydrogens is 312 g/mol. The molecule has 0 bridgehead atoms. The van der Waals surface area contributed by atoms with Gasteiger partial charge in [0.2, 0.25) is 0 Å². The molecule has 6 heteroatoms. The van der Waals surface area contributed by atoms with E-state index in [1.54, 1.807) is 13.0 Å². The molecule has 1 rings (SSSR count). The maximum Gasteiger partial charge on any atom is 0.326 e. The van der Waals surface area contributed by atoms with Gasteiger partial charge in [-0.15, -0.1) is 0 Å². The molecule has 104 valence electrons. The average Bonchev–Trinajstić information content (AvgIpc) is 2.37. The summed E-state index contributed by atoms with van der Waals surface area (Å²) in [6.07, 6.45) is 1.11. The van der Waals surface area contributed by atoms with E-state index in [0.29, 0.717) is 12.1 Å². The molecule has 0 heterocycles. The molecule has 0 fully saturated rings. The third kappa shape index (κ3) is 4.55. The first-order valence-corrected chi connectivity index (χ1v) is 6.86. The van der Waals surface area contributed by atoms with E-state index < -0.39 is 18.0 Å². The number of anilines is 1. The fourth-order valence-corrected chi connectivity index (χ4v) is 2.04. The van der Waals surface area contributed by atoms with Crippen LogP contribution in [-0.2, 0) is 11.2 Å². The van der Waals surface area contributed by atoms with Gasteiger partial charge in [0.15, 0.2) is 0 Å². The number of carbonyl (C=O) groups is 2. The summed E-state index contributed by atoms with van der Waals surface area (Å²) in [4.78, 5) is 22.6. The molecule has 1 atom stereocenters. The van der Waals surface area contributed by atoms with Crippen LogP contribution in [0.3, 0.4) is 0 Å². The van der Waals surface area contributed by atoms with Crippen LogP contribution in [0.25, 0.3) is 0 Å². The first-order chi connectivity index (χ1) is 8.97. The van der Waals surface area contributed by atoms with Gasteiger partial charge in [-0.25, -0.2) is 9.59 Å². The van der Waals surface area contributed by atoms with Crippen LogP contribution in [0.4, 0.5) is 10.5 Å². The summed E-state index contributed by atoms with van der Waals surface area (Å²) >= 11 is 3.37. The lowest BCUT2D eigenvalue weighted by atomic mass is 10.1. The van der Waals surface area contributed by atoms with Crippen molar-refractivity contribution in [2.45, 2.75) is 32.7 Å².